The topological polar surface area (TPSA) is 107 Å². The highest BCUT2D eigenvalue weighted by molar-refractivity contribution is 8.00. The van der Waals surface area contributed by atoms with Gasteiger partial charge < -0.3 is 9.84 Å². The lowest BCUT2D eigenvalue weighted by Gasteiger charge is -1.97. The number of aryl methyl sites for hydroxylation is 2. The third-order valence-corrected chi connectivity index (χ3v) is 6.57. The summed E-state index contributed by atoms with van der Waals surface area (Å²) in [4.78, 5) is 20.8. The van der Waals surface area contributed by atoms with Gasteiger partial charge >= 0.3 is 0 Å². The minimum absolute atomic E-state index is 0.184. The number of rotatable bonds is 8. The second kappa shape index (κ2) is 9.41. The summed E-state index contributed by atoms with van der Waals surface area (Å²) in [6, 6.07) is 6.23. The smallest absolute Gasteiger partial charge is 0.227 e. The third kappa shape index (κ3) is 5.46. The van der Waals surface area contributed by atoms with Crippen LogP contribution in [0, 0.1) is 12.7 Å². The molecule has 0 atom stereocenters. The Morgan fingerprint density at radius 3 is 2.83 bits per heavy atom. The number of thiazole rings is 1. The summed E-state index contributed by atoms with van der Waals surface area (Å²) in [6.45, 7) is 1.82. The Hall–Kier alpha value is -2.70. The molecule has 0 saturated carbocycles. The molecule has 3 heterocycles. The summed E-state index contributed by atoms with van der Waals surface area (Å²) < 4.78 is 19.1. The first kappa shape index (κ1) is 20.6. The molecule has 0 aliphatic carbocycles. The van der Waals surface area contributed by atoms with Crippen LogP contribution in [0.2, 0.25) is 0 Å². The first-order valence-corrected chi connectivity index (χ1v) is 11.5. The Bertz CT molecular complexity index is 1140. The second-order valence-electron chi connectivity index (χ2n) is 6.07. The molecule has 0 saturated heterocycles. The monoisotopic (exact) mass is 462 g/mol. The molecule has 0 fully saturated rings. The standard InChI is InChI=1S/C18H15FN6O2S3/c1-10-23-24-17(30-10)22-15(26)6-7-16-21-14(25-27-16)9-29-18-20-13(8-28-18)11-2-4-12(19)5-3-11/h2-5,8H,6-7,9H2,1H3,(H,22,24,26). The first-order valence-electron chi connectivity index (χ1n) is 8.81. The number of benzene rings is 1. The maximum Gasteiger partial charge on any atom is 0.227 e. The highest BCUT2D eigenvalue weighted by atomic mass is 32.2. The predicted octanol–water partition coefficient (Wildman–Crippen LogP) is 4.36. The Morgan fingerprint density at radius 1 is 1.23 bits per heavy atom. The van der Waals surface area contributed by atoms with Crippen molar-refractivity contribution in [3.8, 4) is 11.3 Å². The fraction of sp³-hybridized carbons (Fsp3) is 0.222. The average molecular weight is 463 g/mol. The van der Waals surface area contributed by atoms with Crippen LogP contribution in [0.4, 0.5) is 9.52 Å². The van der Waals surface area contributed by atoms with Crippen LogP contribution in [-0.2, 0) is 17.0 Å². The van der Waals surface area contributed by atoms with E-state index in [2.05, 4.69) is 30.6 Å². The Morgan fingerprint density at radius 2 is 2.07 bits per heavy atom. The summed E-state index contributed by atoms with van der Waals surface area (Å²) in [5, 5.41) is 17.5. The van der Waals surface area contributed by atoms with Crippen LogP contribution in [0.15, 0.2) is 38.5 Å². The van der Waals surface area contributed by atoms with Gasteiger partial charge in [0.15, 0.2) is 10.2 Å². The highest BCUT2D eigenvalue weighted by Crippen LogP contribution is 2.30. The summed E-state index contributed by atoms with van der Waals surface area (Å²) in [7, 11) is 0. The normalized spacial score (nSPS) is 11.0. The molecule has 0 aliphatic heterocycles. The zero-order chi connectivity index (χ0) is 20.9. The molecule has 8 nitrogen and oxygen atoms in total. The number of thioether (sulfide) groups is 1. The lowest BCUT2D eigenvalue weighted by atomic mass is 10.2. The summed E-state index contributed by atoms with van der Waals surface area (Å²) in [5.74, 6) is 0.977. The summed E-state index contributed by atoms with van der Waals surface area (Å²) in [5.41, 5.74) is 1.66. The fourth-order valence-electron chi connectivity index (χ4n) is 2.40. The van der Waals surface area contributed by atoms with E-state index in [4.69, 9.17) is 4.52 Å². The molecular formula is C18H15FN6O2S3. The van der Waals surface area contributed by atoms with Crippen LogP contribution in [0.3, 0.4) is 0 Å². The van der Waals surface area contributed by atoms with Gasteiger partial charge in [0.05, 0.1) is 11.4 Å². The zero-order valence-corrected chi connectivity index (χ0v) is 18.1. The average Bonchev–Trinajstić information content (AvgIpc) is 3.47. The van der Waals surface area contributed by atoms with E-state index in [1.54, 1.807) is 12.1 Å². The van der Waals surface area contributed by atoms with Crippen LogP contribution in [-0.4, -0.2) is 31.2 Å². The predicted molar refractivity (Wildman–Crippen MR) is 113 cm³/mol. The summed E-state index contributed by atoms with van der Waals surface area (Å²) >= 11 is 4.31. The molecule has 0 radical (unpaired) electrons. The minimum Gasteiger partial charge on any atom is -0.339 e. The number of amides is 1. The lowest BCUT2D eigenvalue weighted by molar-refractivity contribution is -0.116. The van der Waals surface area contributed by atoms with Gasteiger partial charge in [-0.15, -0.1) is 21.5 Å². The van der Waals surface area contributed by atoms with Gasteiger partial charge in [-0.25, -0.2) is 9.37 Å². The molecule has 1 N–H and O–H groups in total. The maximum atomic E-state index is 13.0. The van der Waals surface area contributed by atoms with Crippen molar-refractivity contribution < 1.29 is 13.7 Å². The molecule has 0 spiro atoms. The van der Waals surface area contributed by atoms with Crippen molar-refractivity contribution in [3.63, 3.8) is 0 Å². The third-order valence-electron chi connectivity index (χ3n) is 3.80. The van der Waals surface area contributed by atoms with Crippen molar-refractivity contribution in [2.45, 2.75) is 29.9 Å². The number of carbonyl (C=O) groups excluding carboxylic acids is 1. The summed E-state index contributed by atoms with van der Waals surface area (Å²) in [6.07, 6.45) is 0.550. The SMILES string of the molecule is Cc1nnc(NC(=O)CCc2nc(CSc3nc(-c4ccc(F)cc4)cs3)no2)s1. The molecule has 1 amide bonds. The number of nitrogens with zero attached hydrogens (tertiary/aromatic N) is 5. The van der Waals surface area contributed by atoms with Gasteiger partial charge in [-0.1, -0.05) is 28.3 Å². The lowest BCUT2D eigenvalue weighted by Crippen LogP contribution is -2.12. The van der Waals surface area contributed by atoms with Crippen molar-refractivity contribution in [2.75, 3.05) is 5.32 Å². The Balaban J connectivity index is 1.25. The van der Waals surface area contributed by atoms with Crippen LogP contribution in [0.25, 0.3) is 11.3 Å². The number of halogens is 1. The minimum atomic E-state index is -0.274. The van der Waals surface area contributed by atoms with Crippen molar-refractivity contribution in [1.82, 2.24) is 25.3 Å². The highest BCUT2D eigenvalue weighted by Gasteiger charge is 2.12. The van der Waals surface area contributed by atoms with E-state index in [9.17, 15) is 9.18 Å². The zero-order valence-electron chi connectivity index (χ0n) is 15.7. The molecule has 4 aromatic rings. The van der Waals surface area contributed by atoms with Crippen molar-refractivity contribution >= 4 is 45.5 Å². The van der Waals surface area contributed by atoms with Gasteiger partial charge in [-0.2, -0.15) is 4.98 Å². The molecule has 12 heteroatoms. The molecule has 0 unspecified atom stereocenters. The number of carbonyl (C=O) groups is 1. The van der Waals surface area contributed by atoms with Gasteiger partial charge in [0.2, 0.25) is 16.9 Å². The van der Waals surface area contributed by atoms with Crippen molar-refractivity contribution in [3.05, 3.63) is 52.2 Å². The van der Waals surface area contributed by atoms with Gasteiger partial charge in [0.25, 0.3) is 0 Å². The Kier molecular flexibility index (Phi) is 6.45. The van der Waals surface area contributed by atoms with E-state index in [-0.39, 0.29) is 18.1 Å². The van der Waals surface area contributed by atoms with E-state index in [0.717, 1.165) is 20.6 Å². The molecule has 0 bridgehead atoms. The number of anilines is 1. The number of hydrogen-bond acceptors (Lipinski definition) is 10. The molecular weight excluding hydrogens is 447 g/mol. The van der Waals surface area contributed by atoms with E-state index >= 15 is 0 Å². The molecule has 3 aromatic heterocycles. The van der Waals surface area contributed by atoms with E-state index in [1.807, 2.05) is 12.3 Å². The van der Waals surface area contributed by atoms with Gasteiger partial charge in [0.1, 0.15) is 10.8 Å². The van der Waals surface area contributed by atoms with Crippen LogP contribution in [0.1, 0.15) is 23.1 Å². The van der Waals surface area contributed by atoms with Gasteiger partial charge in [-0.3, -0.25) is 4.79 Å². The van der Waals surface area contributed by atoms with Crippen molar-refractivity contribution in [1.29, 1.82) is 0 Å². The molecule has 4 rings (SSSR count). The quantitative estimate of drug-likeness (QED) is 0.385. The first-order chi connectivity index (χ1) is 14.5. The fourth-order valence-corrected chi connectivity index (χ4v) is 4.69. The van der Waals surface area contributed by atoms with Gasteiger partial charge in [-0.05, 0) is 31.2 Å². The molecule has 0 aliphatic rings. The largest absolute Gasteiger partial charge is 0.339 e. The van der Waals surface area contributed by atoms with Gasteiger partial charge in [0, 0.05) is 23.8 Å². The van der Waals surface area contributed by atoms with E-state index < -0.39 is 0 Å². The maximum absolute atomic E-state index is 13.0. The van der Waals surface area contributed by atoms with E-state index in [1.165, 1.54) is 46.6 Å². The van der Waals surface area contributed by atoms with E-state index in [0.29, 0.717) is 29.0 Å². The van der Waals surface area contributed by atoms with Crippen LogP contribution < -0.4 is 5.32 Å². The number of hydrogen-bond donors (Lipinski definition) is 1. The van der Waals surface area contributed by atoms with Crippen molar-refractivity contribution in [2.24, 2.45) is 0 Å². The Labute approximate surface area is 183 Å². The van der Waals surface area contributed by atoms with Crippen LogP contribution in [0.5, 0.6) is 0 Å². The van der Waals surface area contributed by atoms with Crippen LogP contribution >= 0.6 is 34.4 Å². The number of aromatic nitrogens is 5. The second-order valence-corrected chi connectivity index (χ2v) is 9.34. The molecule has 1 aromatic carbocycles. The molecule has 154 valence electrons. The number of nitrogens with one attached hydrogen (secondary N) is 1. The molecule has 30 heavy (non-hydrogen) atoms.